The number of thioether (sulfide) groups is 1. The number of aliphatic imine (C=N–C) groups is 1. The van der Waals surface area contributed by atoms with Crippen molar-refractivity contribution < 1.29 is 9.59 Å². The molecule has 0 radical (unpaired) electrons. The van der Waals surface area contributed by atoms with Crippen molar-refractivity contribution >= 4 is 34.4 Å². The van der Waals surface area contributed by atoms with Crippen molar-refractivity contribution in [3.05, 3.63) is 88.1 Å². The number of hydrogen-bond acceptors (Lipinski definition) is 5. The Hall–Kier alpha value is -3.32. The van der Waals surface area contributed by atoms with E-state index in [-0.39, 0.29) is 30.3 Å². The van der Waals surface area contributed by atoms with Gasteiger partial charge in [-0.3, -0.25) is 9.59 Å². The monoisotopic (exact) mass is 474 g/mol. The van der Waals surface area contributed by atoms with Gasteiger partial charge in [-0.05, 0) is 50.3 Å². The Morgan fingerprint density at radius 2 is 1.88 bits per heavy atom. The third kappa shape index (κ3) is 5.09. The molecule has 34 heavy (non-hydrogen) atoms. The molecule has 0 saturated carbocycles. The van der Waals surface area contributed by atoms with E-state index in [1.54, 1.807) is 0 Å². The van der Waals surface area contributed by atoms with Gasteiger partial charge in [-0.15, -0.1) is 0 Å². The van der Waals surface area contributed by atoms with Crippen LogP contribution in [0.4, 0.5) is 5.69 Å². The van der Waals surface area contributed by atoms with E-state index >= 15 is 0 Å². The summed E-state index contributed by atoms with van der Waals surface area (Å²) < 4.78 is 0. The molecule has 176 valence electrons. The van der Waals surface area contributed by atoms with Crippen LogP contribution in [-0.2, 0) is 9.59 Å². The van der Waals surface area contributed by atoms with Gasteiger partial charge in [0.25, 0.3) is 5.91 Å². The molecule has 0 unspecified atom stereocenters. The van der Waals surface area contributed by atoms with Crippen LogP contribution in [0.1, 0.15) is 50.8 Å². The van der Waals surface area contributed by atoms with Gasteiger partial charge in [0, 0.05) is 17.4 Å². The minimum absolute atomic E-state index is 0.0352. The van der Waals surface area contributed by atoms with E-state index in [1.807, 2.05) is 86.5 Å². The Morgan fingerprint density at radius 3 is 2.59 bits per heavy atom. The van der Waals surface area contributed by atoms with Crippen LogP contribution in [0, 0.1) is 6.92 Å². The summed E-state index contributed by atoms with van der Waals surface area (Å²) in [7, 11) is 0. The predicted octanol–water partition coefficient (Wildman–Crippen LogP) is 5.51. The third-order valence-corrected chi connectivity index (χ3v) is 6.88. The molecule has 0 saturated heterocycles. The molecule has 0 spiro atoms. The molecule has 2 heterocycles. The lowest BCUT2D eigenvalue weighted by Gasteiger charge is -2.36. The Balaban J connectivity index is 1.71. The number of allylic oxidation sites excluding steroid dienone is 1. The first-order valence-electron chi connectivity index (χ1n) is 11.5. The zero-order valence-electron chi connectivity index (χ0n) is 20.0. The van der Waals surface area contributed by atoms with Crippen LogP contribution < -0.4 is 10.6 Å². The number of nitrogens with one attached hydrogen (secondary N) is 2. The van der Waals surface area contributed by atoms with Gasteiger partial charge in [0.15, 0.2) is 5.17 Å². The molecule has 2 aliphatic heterocycles. The highest BCUT2D eigenvalue weighted by Gasteiger charge is 2.40. The van der Waals surface area contributed by atoms with Gasteiger partial charge in [0.1, 0.15) is 0 Å². The number of carbonyl (C=O) groups excluding carboxylic acids is 2. The minimum atomic E-state index is -0.381. The normalized spacial score (nSPS) is 18.1. The molecule has 0 bridgehead atoms. The molecule has 2 atom stereocenters. The van der Waals surface area contributed by atoms with Crippen molar-refractivity contribution in [3.63, 3.8) is 0 Å². The smallest absolute Gasteiger partial charge is 0.255 e. The fourth-order valence-corrected chi connectivity index (χ4v) is 5.09. The standard InChI is InChI=1S/C27H30N4O2S/c1-5-18(3)28-23(32)15-22-16-34-27-29-19(4)24(26(33)30-21-12-7-6-8-13-21)25(31(22)27)20-11-9-10-17(2)14-20/h6-14,16,18,25H,5,15H2,1-4H3,(H,28,32)(H,30,33)/t18-,25+/m0/s1. The van der Waals surface area contributed by atoms with Crippen LogP contribution in [0.5, 0.6) is 0 Å². The average Bonchev–Trinajstić information content (AvgIpc) is 3.20. The number of anilines is 1. The second-order valence-electron chi connectivity index (χ2n) is 8.68. The number of amides is 2. The molecular weight excluding hydrogens is 444 g/mol. The molecular formula is C27H30N4O2S. The lowest BCUT2D eigenvalue weighted by Crippen LogP contribution is -2.39. The van der Waals surface area contributed by atoms with Gasteiger partial charge in [0.2, 0.25) is 5.91 Å². The number of para-hydroxylation sites is 1. The number of hydrogen-bond donors (Lipinski definition) is 2. The van der Waals surface area contributed by atoms with E-state index in [9.17, 15) is 9.59 Å². The molecule has 7 heteroatoms. The van der Waals surface area contributed by atoms with Gasteiger partial charge < -0.3 is 15.5 Å². The van der Waals surface area contributed by atoms with Crippen molar-refractivity contribution in [2.75, 3.05) is 5.32 Å². The van der Waals surface area contributed by atoms with E-state index in [0.29, 0.717) is 11.3 Å². The van der Waals surface area contributed by atoms with E-state index in [0.717, 1.165) is 34.1 Å². The lowest BCUT2D eigenvalue weighted by molar-refractivity contribution is -0.121. The molecule has 4 rings (SSSR count). The van der Waals surface area contributed by atoms with E-state index in [4.69, 9.17) is 4.99 Å². The number of nitrogens with zero attached hydrogens (tertiary/aromatic N) is 2. The fraction of sp³-hybridized carbons (Fsp3) is 0.296. The minimum Gasteiger partial charge on any atom is -0.353 e. The maximum atomic E-state index is 13.6. The topological polar surface area (TPSA) is 73.8 Å². The summed E-state index contributed by atoms with van der Waals surface area (Å²) in [6.07, 6.45) is 1.10. The van der Waals surface area contributed by atoms with Crippen molar-refractivity contribution in [1.82, 2.24) is 10.2 Å². The Bertz CT molecular complexity index is 1190. The van der Waals surface area contributed by atoms with Crippen molar-refractivity contribution in [2.45, 2.75) is 52.6 Å². The van der Waals surface area contributed by atoms with E-state index in [2.05, 4.69) is 16.7 Å². The molecule has 0 fully saturated rings. The molecule has 2 amide bonds. The largest absolute Gasteiger partial charge is 0.353 e. The quantitative estimate of drug-likeness (QED) is 0.555. The summed E-state index contributed by atoms with van der Waals surface area (Å²) in [4.78, 5) is 33.1. The number of rotatable bonds is 7. The van der Waals surface area contributed by atoms with Crippen LogP contribution >= 0.6 is 11.8 Å². The molecule has 2 N–H and O–H groups in total. The highest BCUT2D eigenvalue weighted by Crippen LogP contribution is 2.44. The average molecular weight is 475 g/mol. The molecule has 2 aromatic carbocycles. The fourth-order valence-electron chi connectivity index (χ4n) is 4.13. The Labute approximate surface area is 205 Å². The summed E-state index contributed by atoms with van der Waals surface area (Å²) >= 11 is 1.49. The summed E-state index contributed by atoms with van der Waals surface area (Å²) in [6.45, 7) is 7.96. The second kappa shape index (κ2) is 10.3. The maximum Gasteiger partial charge on any atom is 0.255 e. The molecule has 2 aromatic rings. The highest BCUT2D eigenvalue weighted by molar-refractivity contribution is 8.16. The van der Waals surface area contributed by atoms with Crippen molar-refractivity contribution in [3.8, 4) is 0 Å². The van der Waals surface area contributed by atoms with E-state index < -0.39 is 0 Å². The Morgan fingerprint density at radius 1 is 1.12 bits per heavy atom. The first kappa shape index (κ1) is 23.8. The summed E-state index contributed by atoms with van der Waals surface area (Å²) in [6, 6.07) is 17.3. The van der Waals surface area contributed by atoms with Crippen LogP contribution in [0.3, 0.4) is 0 Å². The van der Waals surface area contributed by atoms with Gasteiger partial charge >= 0.3 is 0 Å². The number of carbonyl (C=O) groups is 2. The van der Waals surface area contributed by atoms with Crippen LogP contribution in [0.2, 0.25) is 0 Å². The van der Waals surface area contributed by atoms with Crippen LogP contribution in [0.15, 0.2) is 82.0 Å². The summed E-state index contributed by atoms with van der Waals surface area (Å²) in [5.74, 6) is -0.231. The maximum absolute atomic E-state index is 13.6. The lowest BCUT2D eigenvalue weighted by atomic mass is 9.92. The number of aryl methyl sites for hydroxylation is 1. The van der Waals surface area contributed by atoms with Gasteiger partial charge in [-0.2, -0.15) is 0 Å². The molecule has 2 aliphatic rings. The predicted molar refractivity (Wildman–Crippen MR) is 139 cm³/mol. The zero-order chi connectivity index (χ0) is 24.2. The summed E-state index contributed by atoms with van der Waals surface area (Å²) in [5, 5.41) is 8.83. The molecule has 0 aromatic heterocycles. The molecule has 0 aliphatic carbocycles. The second-order valence-corrected chi connectivity index (χ2v) is 9.52. The number of benzene rings is 2. The van der Waals surface area contributed by atoms with Crippen molar-refractivity contribution in [1.29, 1.82) is 0 Å². The van der Waals surface area contributed by atoms with Gasteiger partial charge in [-0.1, -0.05) is 66.7 Å². The van der Waals surface area contributed by atoms with Gasteiger partial charge in [0.05, 0.1) is 23.7 Å². The SMILES string of the molecule is CC[C@H](C)NC(=O)CC1=CSC2=NC(C)=C(C(=O)Nc3ccccc3)[C@@H](c3cccc(C)c3)N12. The van der Waals surface area contributed by atoms with Crippen LogP contribution in [0.25, 0.3) is 0 Å². The third-order valence-electron chi connectivity index (χ3n) is 6.00. The number of fused-ring (bicyclic) bond motifs is 1. The highest BCUT2D eigenvalue weighted by atomic mass is 32.2. The van der Waals surface area contributed by atoms with E-state index in [1.165, 1.54) is 11.8 Å². The first-order chi connectivity index (χ1) is 16.4. The zero-order valence-corrected chi connectivity index (χ0v) is 20.8. The van der Waals surface area contributed by atoms with Gasteiger partial charge in [-0.25, -0.2) is 4.99 Å². The van der Waals surface area contributed by atoms with Crippen LogP contribution in [-0.4, -0.2) is 27.9 Å². The first-order valence-corrected chi connectivity index (χ1v) is 12.4. The number of amidine groups is 1. The van der Waals surface area contributed by atoms with Crippen molar-refractivity contribution in [2.24, 2.45) is 4.99 Å². The summed E-state index contributed by atoms with van der Waals surface area (Å²) in [5.41, 5.74) is 4.92. The molecule has 6 nitrogen and oxygen atoms in total. The Kier molecular flexibility index (Phi) is 7.22.